The maximum Gasteiger partial charge on any atom is 0.326 e. The largest absolute Gasteiger partial charge is 0.480 e. The number of carbonyl (C=O) groups excluding carboxylic acids is 1. The molecule has 1 atom stereocenters. The van der Waals surface area contributed by atoms with Gasteiger partial charge in [-0.25, -0.2) is 4.79 Å². The quantitative estimate of drug-likeness (QED) is 0.694. The van der Waals surface area contributed by atoms with Gasteiger partial charge in [0.25, 0.3) is 0 Å². The highest BCUT2D eigenvalue weighted by Crippen LogP contribution is 2.38. The molecular weight excluding hydrogens is 282 g/mol. The molecule has 1 aliphatic rings. The number of rotatable bonds is 8. The number of thioether (sulfide) groups is 1. The van der Waals surface area contributed by atoms with Crippen LogP contribution in [0.3, 0.4) is 0 Å². The van der Waals surface area contributed by atoms with Crippen molar-refractivity contribution < 1.29 is 19.2 Å². The molecule has 7 nitrogen and oxygen atoms in total. The number of hydrogen-bond acceptors (Lipinski definition) is 6. The Labute approximate surface area is 120 Å². The molecule has 1 aliphatic carbocycles. The first-order valence-corrected chi connectivity index (χ1v) is 7.62. The van der Waals surface area contributed by atoms with E-state index in [4.69, 9.17) is 9.63 Å². The smallest absolute Gasteiger partial charge is 0.326 e. The van der Waals surface area contributed by atoms with E-state index in [9.17, 15) is 9.59 Å². The van der Waals surface area contributed by atoms with Crippen molar-refractivity contribution in [3.8, 4) is 0 Å². The highest BCUT2D eigenvalue weighted by atomic mass is 32.2. The van der Waals surface area contributed by atoms with Crippen LogP contribution in [-0.2, 0) is 15.3 Å². The van der Waals surface area contributed by atoms with Gasteiger partial charge in [-0.1, -0.05) is 5.16 Å². The minimum Gasteiger partial charge on any atom is -0.480 e. The molecule has 2 N–H and O–H groups in total. The van der Waals surface area contributed by atoms with Crippen molar-refractivity contribution in [2.24, 2.45) is 0 Å². The highest BCUT2D eigenvalue weighted by molar-refractivity contribution is 7.98. The Balaban J connectivity index is 1.68. The molecule has 8 heteroatoms. The van der Waals surface area contributed by atoms with Gasteiger partial charge >= 0.3 is 5.97 Å². The third-order valence-electron chi connectivity index (χ3n) is 2.88. The lowest BCUT2D eigenvalue weighted by atomic mass is 10.2. The number of amides is 1. The summed E-state index contributed by atoms with van der Waals surface area (Å²) in [7, 11) is 0. The van der Waals surface area contributed by atoms with Crippen molar-refractivity contribution in [1.82, 2.24) is 15.5 Å². The summed E-state index contributed by atoms with van der Waals surface area (Å²) in [6.45, 7) is 1.31. The van der Waals surface area contributed by atoms with Gasteiger partial charge in [0.05, 0.1) is 5.75 Å². The van der Waals surface area contributed by atoms with Crippen LogP contribution in [0.1, 0.15) is 43.8 Å². The van der Waals surface area contributed by atoms with Gasteiger partial charge in [0, 0.05) is 12.8 Å². The fourth-order valence-electron chi connectivity index (χ4n) is 1.70. The third kappa shape index (κ3) is 4.52. The van der Waals surface area contributed by atoms with Gasteiger partial charge in [0.1, 0.15) is 6.04 Å². The first-order chi connectivity index (χ1) is 9.56. The lowest BCUT2D eigenvalue weighted by Gasteiger charge is -2.12. The Morgan fingerprint density at radius 2 is 2.30 bits per heavy atom. The van der Waals surface area contributed by atoms with Gasteiger partial charge in [0.2, 0.25) is 11.8 Å². The van der Waals surface area contributed by atoms with Crippen molar-refractivity contribution in [3.05, 3.63) is 11.7 Å². The molecule has 1 unspecified atom stereocenters. The van der Waals surface area contributed by atoms with E-state index in [1.165, 1.54) is 18.7 Å². The fourth-order valence-corrected chi connectivity index (χ4v) is 2.54. The summed E-state index contributed by atoms with van der Waals surface area (Å²) in [6, 6.07) is -0.843. The molecule has 0 bridgehead atoms. The molecule has 110 valence electrons. The van der Waals surface area contributed by atoms with E-state index in [0.29, 0.717) is 29.7 Å². The zero-order valence-electron chi connectivity index (χ0n) is 11.2. The van der Waals surface area contributed by atoms with Crippen LogP contribution in [0.25, 0.3) is 0 Å². The number of carboxylic acid groups (broad SMARTS) is 1. The molecule has 1 amide bonds. The third-order valence-corrected chi connectivity index (χ3v) is 3.85. The van der Waals surface area contributed by atoms with E-state index in [1.807, 2.05) is 0 Å². The van der Waals surface area contributed by atoms with Crippen LogP contribution in [0.5, 0.6) is 0 Å². The second-order valence-electron chi connectivity index (χ2n) is 4.75. The number of nitrogens with one attached hydrogen (secondary N) is 1. The minimum absolute atomic E-state index is 0.339. The molecule has 1 heterocycles. The van der Waals surface area contributed by atoms with E-state index < -0.39 is 12.0 Å². The normalized spacial score (nSPS) is 15.8. The molecule has 1 saturated carbocycles. The molecule has 0 aliphatic heterocycles. The number of aromatic nitrogens is 2. The first kappa shape index (κ1) is 14.8. The summed E-state index contributed by atoms with van der Waals surface area (Å²) in [5.41, 5.74) is 0. The molecule has 0 radical (unpaired) electrons. The van der Waals surface area contributed by atoms with Gasteiger partial charge in [-0.3, -0.25) is 4.79 Å². The maximum atomic E-state index is 10.9. The van der Waals surface area contributed by atoms with Gasteiger partial charge in [-0.15, -0.1) is 0 Å². The van der Waals surface area contributed by atoms with Crippen molar-refractivity contribution in [2.45, 2.75) is 43.9 Å². The van der Waals surface area contributed by atoms with Crippen molar-refractivity contribution in [2.75, 3.05) is 5.75 Å². The zero-order valence-corrected chi connectivity index (χ0v) is 12.0. The fraction of sp³-hybridized carbons (Fsp3) is 0.667. The predicted molar refractivity (Wildman–Crippen MR) is 72.3 cm³/mol. The molecule has 1 fully saturated rings. The zero-order chi connectivity index (χ0) is 14.5. The lowest BCUT2D eigenvalue weighted by Crippen LogP contribution is -2.39. The van der Waals surface area contributed by atoms with Gasteiger partial charge < -0.3 is 14.9 Å². The standard InChI is InChI=1S/C12H17N3O4S/c1-7(16)13-9(12(17)18)4-5-20-6-10-14-11(15-19-10)8-2-3-8/h8-9H,2-6H2,1H3,(H,13,16)(H,17,18). The van der Waals surface area contributed by atoms with E-state index in [0.717, 1.165) is 18.7 Å². The molecule has 1 aromatic heterocycles. The second-order valence-corrected chi connectivity index (χ2v) is 5.86. The minimum atomic E-state index is -1.02. The average molecular weight is 299 g/mol. The Morgan fingerprint density at radius 1 is 1.55 bits per heavy atom. The average Bonchev–Trinajstić information content (AvgIpc) is 3.12. The monoisotopic (exact) mass is 299 g/mol. The second kappa shape index (κ2) is 6.74. The summed E-state index contributed by atoms with van der Waals surface area (Å²) in [6.07, 6.45) is 2.62. The first-order valence-electron chi connectivity index (χ1n) is 6.46. The summed E-state index contributed by atoms with van der Waals surface area (Å²) < 4.78 is 5.12. The van der Waals surface area contributed by atoms with Crippen molar-refractivity contribution in [3.63, 3.8) is 0 Å². The van der Waals surface area contributed by atoms with Crippen LogP contribution in [0, 0.1) is 0 Å². The van der Waals surface area contributed by atoms with Gasteiger partial charge in [-0.2, -0.15) is 16.7 Å². The molecule has 20 heavy (non-hydrogen) atoms. The van der Waals surface area contributed by atoms with Crippen LogP contribution in [0.15, 0.2) is 4.52 Å². The SMILES string of the molecule is CC(=O)NC(CCSCc1nc(C2CC2)no1)C(=O)O. The van der Waals surface area contributed by atoms with E-state index in [-0.39, 0.29) is 5.91 Å². The Hall–Kier alpha value is -1.57. The lowest BCUT2D eigenvalue weighted by molar-refractivity contribution is -0.141. The van der Waals surface area contributed by atoms with Crippen LogP contribution < -0.4 is 5.32 Å². The molecule has 2 rings (SSSR count). The number of nitrogens with zero attached hydrogens (tertiary/aromatic N) is 2. The summed E-state index contributed by atoms with van der Waals surface area (Å²) >= 11 is 1.51. The molecule has 1 aromatic rings. The number of carbonyl (C=O) groups is 2. The molecule has 0 spiro atoms. The van der Waals surface area contributed by atoms with E-state index >= 15 is 0 Å². The molecule has 0 aromatic carbocycles. The Bertz CT molecular complexity index is 487. The van der Waals surface area contributed by atoms with Crippen LogP contribution in [-0.4, -0.2) is 38.9 Å². The van der Waals surface area contributed by atoms with Crippen LogP contribution in [0.4, 0.5) is 0 Å². The highest BCUT2D eigenvalue weighted by Gasteiger charge is 2.28. The number of aliphatic carboxylic acids is 1. The number of hydrogen-bond donors (Lipinski definition) is 2. The van der Waals surface area contributed by atoms with E-state index in [1.54, 1.807) is 0 Å². The van der Waals surface area contributed by atoms with Crippen molar-refractivity contribution >= 4 is 23.6 Å². The van der Waals surface area contributed by atoms with Crippen molar-refractivity contribution in [1.29, 1.82) is 0 Å². The van der Waals surface area contributed by atoms with Gasteiger partial charge in [-0.05, 0) is 25.0 Å². The summed E-state index contributed by atoms with van der Waals surface area (Å²) in [4.78, 5) is 26.1. The molecule has 0 saturated heterocycles. The van der Waals surface area contributed by atoms with Crippen LogP contribution in [0.2, 0.25) is 0 Å². The Morgan fingerprint density at radius 3 is 2.90 bits per heavy atom. The number of carboxylic acids is 1. The Kier molecular flexibility index (Phi) is 4.99. The maximum absolute atomic E-state index is 10.9. The van der Waals surface area contributed by atoms with E-state index in [2.05, 4.69) is 15.5 Å². The van der Waals surface area contributed by atoms with Crippen LogP contribution >= 0.6 is 11.8 Å². The summed E-state index contributed by atoms with van der Waals surface area (Å²) in [5.74, 6) is 1.62. The molecular formula is C12H17N3O4S. The topological polar surface area (TPSA) is 105 Å². The predicted octanol–water partition coefficient (Wildman–Crippen LogP) is 1.16. The van der Waals surface area contributed by atoms with Gasteiger partial charge in [0.15, 0.2) is 5.82 Å². The summed E-state index contributed by atoms with van der Waals surface area (Å²) in [5, 5.41) is 15.3.